The second-order valence-electron chi connectivity index (χ2n) is 5.26. The first-order valence-corrected chi connectivity index (χ1v) is 7.10. The van der Waals surface area contributed by atoms with Crippen molar-refractivity contribution in [3.05, 3.63) is 35.6 Å². The molecule has 22 heavy (non-hydrogen) atoms. The SMILES string of the molecule is CC(C(=O)NCCNC(=O)c1ccc(F)cc1)C1CNC1.Cl. The van der Waals surface area contributed by atoms with Crippen LogP contribution in [0.15, 0.2) is 24.3 Å². The van der Waals surface area contributed by atoms with Crippen molar-refractivity contribution in [2.75, 3.05) is 26.2 Å². The van der Waals surface area contributed by atoms with Crippen molar-refractivity contribution < 1.29 is 14.0 Å². The van der Waals surface area contributed by atoms with Gasteiger partial charge in [-0.15, -0.1) is 12.4 Å². The number of nitrogens with one attached hydrogen (secondary N) is 3. The molecule has 7 heteroatoms. The van der Waals surface area contributed by atoms with Gasteiger partial charge in [-0.25, -0.2) is 4.39 Å². The number of hydrogen-bond donors (Lipinski definition) is 3. The maximum atomic E-state index is 12.7. The number of hydrogen-bond acceptors (Lipinski definition) is 3. The number of carbonyl (C=O) groups is 2. The van der Waals surface area contributed by atoms with Crippen LogP contribution in [0.2, 0.25) is 0 Å². The third-order valence-corrected chi connectivity index (χ3v) is 3.75. The summed E-state index contributed by atoms with van der Waals surface area (Å²) in [6, 6.07) is 5.33. The molecule has 0 spiro atoms. The number of amides is 2. The summed E-state index contributed by atoms with van der Waals surface area (Å²) in [4.78, 5) is 23.6. The molecule has 5 nitrogen and oxygen atoms in total. The predicted octanol–water partition coefficient (Wildman–Crippen LogP) is 0.949. The largest absolute Gasteiger partial charge is 0.354 e. The zero-order valence-electron chi connectivity index (χ0n) is 12.4. The topological polar surface area (TPSA) is 70.2 Å². The number of rotatable bonds is 6. The second kappa shape index (κ2) is 8.70. The van der Waals surface area contributed by atoms with E-state index in [1.165, 1.54) is 24.3 Å². The molecule has 1 saturated heterocycles. The third-order valence-electron chi connectivity index (χ3n) is 3.75. The van der Waals surface area contributed by atoms with Gasteiger partial charge in [0.05, 0.1) is 0 Å². The summed E-state index contributed by atoms with van der Waals surface area (Å²) in [5.74, 6) is -0.255. The molecule has 1 aliphatic heterocycles. The van der Waals surface area contributed by atoms with Crippen molar-refractivity contribution in [3.63, 3.8) is 0 Å². The van der Waals surface area contributed by atoms with Gasteiger partial charge in [0, 0.05) is 24.6 Å². The Morgan fingerprint density at radius 3 is 2.36 bits per heavy atom. The lowest BCUT2D eigenvalue weighted by molar-refractivity contribution is -0.126. The fourth-order valence-corrected chi connectivity index (χ4v) is 2.10. The van der Waals surface area contributed by atoms with Gasteiger partial charge in [0.15, 0.2) is 0 Å². The molecule has 1 unspecified atom stereocenters. The van der Waals surface area contributed by atoms with Crippen LogP contribution in [0, 0.1) is 17.7 Å². The highest BCUT2D eigenvalue weighted by molar-refractivity contribution is 5.94. The zero-order chi connectivity index (χ0) is 15.2. The van der Waals surface area contributed by atoms with E-state index in [1.54, 1.807) is 0 Å². The Morgan fingerprint density at radius 2 is 1.82 bits per heavy atom. The summed E-state index contributed by atoms with van der Waals surface area (Å²) in [6.07, 6.45) is 0. The number of halogens is 2. The highest BCUT2D eigenvalue weighted by atomic mass is 35.5. The van der Waals surface area contributed by atoms with Gasteiger partial charge in [-0.1, -0.05) is 6.92 Å². The molecule has 1 aromatic carbocycles. The van der Waals surface area contributed by atoms with Gasteiger partial charge in [0.2, 0.25) is 5.91 Å². The summed E-state index contributed by atoms with van der Waals surface area (Å²) in [7, 11) is 0. The molecule has 0 saturated carbocycles. The average molecular weight is 330 g/mol. The first-order chi connectivity index (χ1) is 10.1. The van der Waals surface area contributed by atoms with Crippen molar-refractivity contribution in [1.29, 1.82) is 0 Å². The highest BCUT2D eigenvalue weighted by Crippen LogP contribution is 2.15. The average Bonchev–Trinajstić information content (AvgIpc) is 2.42. The predicted molar refractivity (Wildman–Crippen MR) is 84.5 cm³/mol. The Kier molecular flexibility index (Phi) is 7.27. The van der Waals surface area contributed by atoms with E-state index < -0.39 is 0 Å². The quantitative estimate of drug-likeness (QED) is 0.681. The van der Waals surface area contributed by atoms with Gasteiger partial charge in [0.25, 0.3) is 5.91 Å². The minimum atomic E-state index is -0.377. The lowest BCUT2D eigenvalue weighted by Gasteiger charge is -2.31. The van der Waals surface area contributed by atoms with Crippen LogP contribution in [-0.4, -0.2) is 38.0 Å². The summed E-state index contributed by atoms with van der Waals surface area (Å²) >= 11 is 0. The Hall–Kier alpha value is -1.66. The van der Waals surface area contributed by atoms with E-state index in [0.29, 0.717) is 24.6 Å². The van der Waals surface area contributed by atoms with E-state index in [0.717, 1.165) is 13.1 Å². The number of carbonyl (C=O) groups excluding carboxylic acids is 2. The third kappa shape index (κ3) is 4.96. The maximum Gasteiger partial charge on any atom is 0.251 e. The minimum absolute atomic E-state index is 0. The fourth-order valence-electron chi connectivity index (χ4n) is 2.10. The van der Waals surface area contributed by atoms with Gasteiger partial charge in [-0.2, -0.15) is 0 Å². The molecular formula is C15H21ClFN3O2. The van der Waals surface area contributed by atoms with Crippen LogP contribution in [0.4, 0.5) is 4.39 Å². The Labute approximate surface area is 135 Å². The second-order valence-corrected chi connectivity index (χ2v) is 5.26. The minimum Gasteiger partial charge on any atom is -0.354 e. The lowest BCUT2D eigenvalue weighted by Crippen LogP contribution is -2.50. The molecular weight excluding hydrogens is 309 g/mol. The molecule has 0 aliphatic carbocycles. The molecule has 0 aromatic heterocycles. The molecule has 1 fully saturated rings. The molecule has 1 aromatic rings. The van der Waals surface area contributed by atoms with Crippen molar-refractivity contribution in [2.45, 2.75) is 6.92 Å². The van der Waals surface area contributed by atoms with Crippen LogP contribution in [0.3, 0.4) is 0 Å². The van der Waals surface area contributed by atoms with Crippen molar-refractivity contribution in [2.24, 2.45) is 11.8 Å². The zero-order valence-corrected chi connectivity index (χ0v) is 13.2. The van der Waals surface area contributed by atoms with Crippen LogP contribution in [0.25, 0.3) is 0 Å². The first-order valence-electron chi connectivity index (χ1n) is 7.10. The van der Waals surface area contributed by atoms with Crippen molar-refractivity contribution >= 4 is 24.2 Å². The summed E-state index contributed by atoms with van der Waals surface area (Å²) in [5.41, 5.74) is 0.400. The molecule has 2 amide bonds. The maximum absolute atomic E-state index is 12.7. The standard InChI is InChI=1S/C15H20FN3O2.ClH/c1-10(12-8-17-9-12)14(20)18-6-7-19-15(21)11-2-4-13(16)5-3-11;/h2-5,10,12,17H,6-9H2,1H3,(H,18,20)(H,19,21);1H. The van der Waals surface area contributed by atoms with Crippen LogP contribution in [-0.2, 0) is 4.79 Å². The van der Waals surface area contributed by atoms with E-state index in [-0.39, 0.29) is 36.0 Å². The molecule has 2 rings (SSSR count). The molecule has 1 atom stereocenters. The van der Waals surface area contributed by atoms with Crippen molar-refractivity contribution in [1.82, 2.24) is 16.0 Å². The Balaban J connectivity index is 0.00000242. The van der Waals surface area contributed by atoms with E-state index in [4.69, 9.17) is 0 Å². The van der Waals surface area contributed by atoms with Crippen LogP contribution in [0.5, 0.6) is 0 Å². The van der Waals surface area contributed by atoms with Gasteiger partial charge in [0.1, 0.15) is 5.82 Å². The van der Waals surface area contributed by atoms with Gasteiger partial charge in [-0.05, 0) is 43.3 Å². The number of benzene rings is 1. The molecule has 1 aliphatic rings. The van der Waals surface area contributed by atoms with Crippen LogP contribution < -0.4 is 16.0 Å². The summed E-state index contributed by atoms with van der Waals surface area (Å²) in [5, 5.41) is 8.63. The summed E-state index contributed by atoms with van der Waals surface area (Å²) < 4.78 is 12.7. The van der Waals surface area contributed by atoms with E-state index in [2.05, 4.69) is 16.0 Å². The van der Waals surface area contributed by atoms with Gasteiger partial charge in [-0.3, -0.25) is 9.59 Å². The molecule has 0 radical (unpaired) electrons. The Bertz CT molecular complexity index is 506. The molecule has 0 bridgehead atoms. The molecule has 3 N–H and O–H groups in total. The van der Waals surface area contributed by atoms with Gasteiger partial charge < -0.3 is 16.0 Å². The summed E-state index contributed by atoms with van der Waals surface area (Å²) in [6.45, 7) is 4.41. The van der Waals surface area contributed by atoms with E-state index in [9.17, 15) is 14.0 Å². The normalized spacial score (nSPS) is 15.2. The Morgan fingerprint density at radius 1 is 1.23 bits per heavy atom. The monoisotopic (exact) mass is 329 g/mol. The first kappa shape index (κ1) is 18.4. The van der Waals surface area contributed by atoms with E-state index >= 15 is 0 Å². The van der Waals surface area contributed by atoms with Gasteiger partial charge >= 0.3 is 0 Å². The van der Waals surface area contributed by atoms with E-state index in [1.807, 2.05) is 6.92 Å². The van der Waals surface area contributed by atoms with Crippen LogP contribution in [0.1, 0.15) is 17.3 Å². The fraction of sp³-hybridized carbons (Fsp3) is 0.467. The highest BCUT2D eigenvalue weighted by Gasteiger charge is 2.28. The molecule has 1 heterocycles. The van der Waals surface area contributed by atoms with Crippen LogP contribution >= 0.6 is 12.4 Å². The molecule has 122 valence electrons. The smallest absolute Gasteiger partial charge is 0.251 e. The lowest BCUT2D eigenvalue weighted by atomic mass is 9.88. The van der Waals surface area contributed by atoms with Crippen molar-refractivity contribution in [3.8, 4) is 0 Å².